The average Bonchev–Trinajstić information content (AvgIpc) is 2.35. The van der Waals surface area contributed by atoms with Gasteiger partial charge in [-0.3, -0.25) is 4.79 Å². The van der Waals surface area contributed by atoms with E-state index in [1.807, 2.05) is 0 Å². The minimum absolute atomic E-state index is 0.136. The lowest BCUT2D eigenvalue weighted by molar-refractivity contribution is -0.115. The van der Waals surface area contributed by atoms with Crippen LogP contribution in [0.3, 0.4) is 0 Å². The SMILES string of the molecule is CNC(=O)/C=C/c1ccc(OC)c(C(F)F)c1. The number of benzene rings is 1. The summed E-state index contributed by atoms with van der Waals surface area (Å²) in [6.45, 7) is 0. The van der Waals surface area contributed by atoms with E-state index < -0.39 is 6.43 Å². The molecule has 1 aromatic rings. The van der Waals surface area contributed by atoms with Gasteiger partial charge in [-0.25, -0.2) is 8.78 Å². The first-order valence-corrected chi connectivity index (χ1v) is 4.94. The summed E-state index contributed by atoms with van der Waals surface area (Å²) < 4.78 is 30.2. The Kier molecular flexibility index (Phi) is 4.63. The molecule has 1 amide bonds. The highest BCUT2D eigenvalue weighted by Gasteiger charge is 2.13. The Morgan fingerprint density at radius 2 is 2.18 bits per heavy atom. The van der Waals surface area contributed by atoms with Crippen molar-refractivity contribution in [2.75, 3.05) is 14.2 Å². The highest BCUT2D eigenvalue weighted by Crippen LogP contribution is 2.29. The smallest absolute Gasteiger partial charge is 0.267 e. The molecular weight excluding hydrogens is 228 g/mol. The highest BCUT2D eigenvalue weighted by atomic mass is 19.3. The van der Waals surface area contributed by atoms with Crippen molar-refractivity contribution in [2.45, 2.75) is 6.43 Å². The standard InChI is InChI=1S/C12H13F2NO2/c1-15-11(16)6-4-8-3-5-10(17-2)9(7-8)12(13)14/h3-7,12H,1-2H3,(H,15,16)/b6-4+. The third kappa shape index (κ3) is 3.55. The van der Waals surface area contributed by atoms with Crippen LogP contribution in [0.15, 0.2) is 24.3 Å². The fourth-order valence-electron chi connectivity index (χ4n) is 1.28. The Labute approximate surface area is 98.1 Å². The molecule has 0 saturated carbocycles. The van der Waals surface area contributed by atoms with Crippen LogP contribution in [0.5, 0.6) is 5.75 Å². The molecule has 0 spiro atoms. The van der Waals surface area contributed by atoms with Crippen LogP contribution in [-0.2, 0) is 4.79 Å². The Balaban J connectivity index is 3.00. The maximum absolute atomic E-state index is 12.7. The maximum Gasteiger partial charge on any atom is 0.267 e. The number of carbonyl (C=O) groups is 1. The van der Waals surface area contributed by atoms with E-state index in [9.17, 15) is 13.6 Å². The van der Waals surface area contributed by atoms with Gasteiger partial charge in [0.25, 0.3) is 6.43 Å². The van der Waals surface area contributed by atoms with Crippen LogP contribution in [0.2, 0.25) is 0 Å². The molecule has 0 aliphatic carbocycles. The number of ether oxygens (including phenoxy) is 1. The number of alkyl halides is 2. The molecule has 0 aliphatic rings. The van der Waals surface area contributed by atoms with Crippen molar-refractivity contribution in [3.8, 4) is 5.75 Å². The molecule has 0 unspecified atom stereocenters. The lowest BCUT2D eigenvalue weighted by Gasteiger charge is -2.08. The Bertz CT molecular complexity index is 431. The first-order valence-electron chi connectivity index (χ1n) is 4.94. The average molecular weight is 241 g/mol. The van der Waals surface area contributed by atoms with Gasteiger partial charge in [0.05, 0.1) is 12.7 Å². The zero-order valence-corrected chi connectivity index (χ0v) is 9.54. The van der Waals surface area contributed by atoms with E-state index in [1.165, 1.54) is 38.4 Å². The second kappa shape index (κ2) is 5.98. The van der Waals surface area contributed by atoms with Crippen molar-refractivity contribution in [1.29, 1.82) is 0 Å². The molecule has 0 atom stereocenters. The minimum atomic E-state index is -2.61. The Morgan fingerprint density at radius 1 is 1.47 bits per heavy atom. The van der Waals surface area contributed by atoms with Gasteiger partial charge in [-0.1, -0.05) is 6.07 Å². The molecule has 1 aromatic carbocycles. The van der Waals surface area contributed by atoms with Crippen LogP contribution in [0.1, 0.15) is 17.6 Å². The van der Waals surface area contributed by atoms with E-state index in [2.05, 4.69) is 5.32 Å². The summed E-state index contributed by atoms with van der Waals surface area (Å²) in [5.41, 5.74) is 0.330. The summed E-state index contributed by atoms with van der Waals surface area (Å²) in [5.74, 6) is -0.156. The van der Waals surface area contributed by atoms with Gasteiger partial charge in [0, 0.05) is 13.1 Å². The normalized spacial score (nSPS) is 10.9. The Morgan fingerprint density at radius 3 is 2.71 bits per heavy atom. The van der Waals surface area contributed by atoms with Crippen LogP contribution < -0.4 is 10.1 Å². The quantitative estimate of drug-likeness (QED) is 0.822. The first kappa shape index (κ1) is 13.2. The van der Waals surface area contributed by atoms with Crippen molar-refractivity contribution in [2.24, 2.45) is 0 Å². The van der Waals surface area contributed by atoms with Crippen LogP contribution in [0.4, 0.5) is 8.78 Å². The molecule has 5 heteroatoms. The zero-order chi connectivity index (χ0) is 12.8. The van der Waals surface area contributed by atoms with E-state index in [1.54, 1.807) is 6.07 Å². The predicted octanol–water partition coefficient (Wildman–Crippen LogP) is 2.39. The van der Waals surface area contributed by atoms with Crippen molar-refractivity contribution in [3.05, 3.63) is 35.4 Å². The first-order chi connectivity index (χ1) is 8.08. The largest absolute Gasteiger partial charge is 0.496 e. The molecule has 0 heterocycles. The second-order valence-corrected chi connectivity index (χ2v) is 3.25. The van der Waals surface area contributed by atoms with Crippen molar-refractivity contribution >= 4 is 12.0 Å². The molecule has 3 nitrogen and oxygen atoms in total. The van der Waals surface area contributed by atoms with Gasteiger partial charge < -0.3 is 10.1 Å². The van der Waals surface area contributed by atoms with Gasteiger partial charge in [-0.05, 0) is 23.8 Å². The molecule has 0 bridgehead atoms. The van der Waals surface area contributed by atoms with E-state index in [-0.39, 0.29) is 17.2 Å². The summed E-state index contributed by atoms with van der Waals surface area (Å²) in [6.07, 6.45) is 0.125. The van der Waals surface area contributed by atoms with Gasteiger partial charge in [0.1, 0.15) is 5.75 Å². The van der Waals surface area contributed by atoms with Gasteiger partial charge in [-0.15, -0.1) is 0 Å². The lowest BCUT2D eigenvalue weighted by Crippen LogP contribution is -2.13. The topological polar surface area (TPSA) is 38.3 Å². The molecule has 1 N–H and O–H groups in total. The van der Waals surface area contributed by atoms with Crippen molar-refractivity contribution in [3.63, 3.8) is 0 Å². The number of methoxy groups -OCH3 is 1. The molecule has 17 heavy (non-hydrogen) atoms. The van der Waals surface area contributed by atoms with Gasteiger partial charge in [0.15, 0.2) is 0 Å². The minimum Gasteiger partial charge on any atom is -0.496 e. The number of amides is 1. The zero-order valence-electron chi connectivity index (χ0n) is 9.54. The molecule has 0 aromatic heterocycles. The van der Waals surface area contributed by atoms with Crippen LogP contribution >= 0.6 is 0 Å². The van der Waals surface area contributed by atoms with E-state index >= 15 is 0 Å². The molecule has 0 fully saturated rings. The molecule has 92 valence electrons. The lowest BCUT2D eigenvalue weighted by atomic mass is 10.1. The van der Waals surface area contributed by atoms with Crippen LogP contribution in [0.25, 0.3) is 6.08 Å². The van der Waals surface area contributed by atoms with Gasteiger partial charge >= 0.3 is 0 Å². The van der Waals surface area contributed by atoms with E-state index in [4.69, 9.17) is 4.74 Å². The molecule has 0 aliphatic heterocycles. The van der Waals surface area contributed by atoms with Crippen molar-refractivity contribution in [1.82, 2.24) is 5.32 Å². The second-order valence-electron chi connectivity index (χ2n) is 3.25. The molecule has 0 saturated heterocycles. The summed E-state index contributed by atoms with van der Waals surface area (Å²) in [7, 11) is 2.83. The van der Waals surface area contributed by atoms with E-state index in [0.29, 0.717) is 5.56 Å². The number of likely N-dealkylation sites (N-methyl/N-ethyl adjacent to an activating group) is 1. The van der Waals surface area contributed by atoms with Crippen molar-refractivity contribution < 1.29 is 18.3 Å². The number of nitrogens with one attached hydrogen (secondary N) is 1. The fraction of sp³-hybridized carbons (Fsp3) is 0.250. The fourth-order valence-corrected chi connectivity index (χ4v) is 1.28. The number of hydrogen-bond acceptors (Lipinski definition) is 2. The van der Waals surface area contributed by atoms with Gasteiger partial charge in [-0.2, -0.15) is 0 Å². The Hall–Kier alpha value is -1.91. The van der Waals surface area contributed by atoms with Crippen LogP contribution in [0, 0.1) is 0 Å². The third-order valence-corrected chi connectivity index (χ3v) is 2.16. The molecule has 0 radical (unpaired) electrons. The molecule has 1 rings (SSSR count). The molecular formula is C12H13F2NO2. The summed E-state index contributed by atoms with van der Waals surface area (Å²) in [4.78, 5) is 11.0. The van der Waals surface area contributed by atoms with Gasteiger partial charge in [0.2, 0.25) is 5.91 Å². The van der Waals surface area contributed by atoms with E-state index in [0.717, 1.165) is 0 Å². The summed E-state index contributed by atoms with van der Waals surface area (Å²) in [6, 6.07) is 4.35. The summed E-state index contributed by atoms with van der Waals surface area (Å²) >= 11 is 0. The maximum atomic E-state index is 12.7. The summed E-state index contributed by atoms with van der Waals surface area (Å²) in [5, 5.41) is 2.40. The monoisotopic (exact) mass is 241 g/mol. The number of hydrogen-bond donors (Lipinski definition) is 1. The third-order valence-electron chi connectivity index (χ3n) is 2.16. The highest BCUT2D eigenvalue weighted by molar-refractivity contribution is 5.91. The number of carbonyl (C=O) groups excluding carboxylic acids is 1. The predicted molar refractivity (Wildman–Crippen MR) is 61.1 cm³/mol. The number of rotatable bonds is 4. The number of halogens is 2. The van der Waals surface area contributed by atoms with Crippen LogP contribution in [-0.4, -0.2) is 20.1 Å².